The lowest BCUT2D eigenvalue weighted by Crippen LogP contribution is -2.31. The predicted octanol–water partition coefficient (Wildman–Crippen LogP) is 5.71. The molecule has 160 valence electrons. The number of hydrogen-bond acceptors (Lipinski definition) is 5. The van der Waals surface area contributed by atoms with Crippen molar-refractivity contribution in [1.82, 2.24) is 4.90 Å². The molecule has 0 saturated carbocycles. The van der Waals surface area contributed by atoms with Gasteiger partial charge in [-0.15, -0.1) is 0 Å². The van der Waals surface area contributed by atoms with Crippen LogP contribution in [-0.2, 0) is 11.3 Å². The molecule has 8 heteroatoms. The van der Waals surface area contributed by atoms with Gasteiger partial charge in [0.2, 0.25) is 5.78 Å². The fourth-order valence-electron chi connectivity index (χ4n) is 3.90. The third-order valence-corrected chi connectivity index (χ3v) is 5.85. The van der Waals surface area contributed by atoms with Gasteiger partial charge >= 0.3 is 0 Å². The molecule has 0 spiro atoms. The number of hydrogen-bond donors (Lipinski definition) is 1. The van der Waals surface area contributed by atoms with Gasteiger partial charge in [0, 0.05) is 15.4 Å². The number of aliphatic hydroxyl groups is 1. The van der Waals surface area contributed by atoms with Crippen LogP contribution in [0.2, 0.25) is 0 Å². The van der Waals surface area contributed by atoms with E-state index in [1.807, 2.05) is 0 Å². The minimum atomic E-state index is -1.15. The number of fused-ring (bicyclic) bond motifs is 1. The van der Waals surface area contributed by atoms with Crippen molar-refractivity contribution in [2.45, 2.75) is 12.6 Å². The van der Waals surface area contributed by atoms with E-state index in [1.54, 1.807) is 36.4 Å². The summed E-state index contributed by atoms with van der Waals surface area (Å²) in [5, 5.41) is 11.4. The average molecular weight is 496 g/mol. The normalized spacial score (nSPS) is 16.4. The maximum atomic E-state index is 14.8. The van der Waals surface area contributed by atoms with E-state index in [4.69, 9.17) is 8.83 Å². The fourth-order valence-corrected chi connectivity index (χ4v) is 4.28. The number of carbonyl (C=O) groups is 2. The molecular weight excluding hydrogens is 481 g/mol. The van der Waals surface area contributed by atoms with Crippen LogP contribution in [0.25, 0.3) is 11.0 Å². The summed E-state index contributed by atoms with van der Waals surface area (Å²) in [6, 6.07) is 14.7. The maximum Gasteiger partial charge on any atom is 0.290 e. The largest absolute Gasteiger partial charge is 0.503 e. The summed E-state index contributed by atoms with van der Waals surface area (Å²) >= 11 is 3.37. The molecule has 1 aliphatic heterocycles. The van der Waals surface area contributed by atoms with Gasteiger partial charge in [0.15, 0.2) is 11.5 Å². The molecule has 1 amide bonds. The molecule has 1 unspecified atom stereocenters. The van der Waals surface area contributed by atoms with Crippen molar-refractivity contribution in [3.8, 4) is 0 Å². The van der Waals surface area contributed by atoms with E-state index in [9.17, 15) is 19.1 Å². The maximum absolute atomic E-state index is 14.8. The second-order valence-corrected chi connectivity index (χ2v) is 8.24. The highest BCUT2D eigenvalue weighted by molar-refractivity contribution is 9.10. The van der Waals surface area contributed by atoms with Crippen molar-refractivity contribution in [2.75, 3.05) is 0 Å². The molecule has 0 radical (unpaired) electrons. The second kappa shape index (κ2) is 7.80. The van der Waals surface area contributed by atoms with Crippen LogP contribution >= 0.6 is 15.9 Å². The molecule has 0 fully saturated rings. The van der Waals surface area contributed by atoms with E-state index in [-0.39, 0.29) is 23.4 Å². The summed E-state index contributed by atoms with van der Waals surface area (Å²) < 4.78 is 26.6. The summed E-state index contributed by atoms with van der Waals surface area (Å²) in [6.45, 7) is -0.0568. The molecule has 0 bridgehead atoms. The standard InChI is InChI=1S/C24H15BrFNO5/c25-14-7-8-18-13(10-14)11-19(32-18)22(28)20-21(16-5-1-2-6-17(16)26)27(24(30)23(20)29)12-15-4-3-9-31-15/h1-11,21,29H,12H2. The van der Waals surface area contributed by atoms with E-state index in [0.29, 0.717) is 16.7 Å². The Bertz CT molecular complexity index is 1390. The number of Topliss-reactive ketones (excluding diaryl/α,β-unsaturated/α-hetero) is 1. The first-order chi connectivity index (χ1) is 15.4. The first kappa shape index (κ1) is 20.3. The Labute approximate surface area is 189 Å². The van der Waals surface area contributed by atoms with Crippen molar-refractivity contribution in [3.63, 3.8) is 0 Å². The molecule has 1 N–H and O–H groups in total. The smallest absolute Gasteiger partial charge is 0.290 e. The van der Waals surface area contributed by atoms with Gasteiger partial charge in [0.05, 0.1) is 24.4 Å². The van der Waals surface area contributed by atoms with Gasteiger partial charge in [-0.3, -0.25) is 9.59 Å². The summed E-state index contributed by atoms with van der Waals surface area (Å²) in [4.78, 5) is 27.6. The Morgan fingerprint density at radius 1 is 1.12 bits per heavy atom. The number of furan rings is 2. The van der Waals surface area contributed by atoms with Crippen molar-refractivity contribution in [1.29, 1.82) is 0 Å². The van der Waals surface area contributed by atoms with E-state index >= 15 is 0 Å². The minimum Gasteiger partial charge on any atom is -0.503 e. The van der Waals surface area contributed by atoms with Crippen LogP contribution in [0.1, 0.15) is 27.9 Å². The van der Waals surface area contributed by atoms with Crippen LogP contribution in [0.5, 0.6) is 0 Å². The van der Waals surface area contributed by atoms with Crippen LogP contribution in [0.4, 0.5) is 4.39 Å². The molecular formula is C24H15BrFNO5. The Balaban J connectivity index is 1.62. The Hall–Kier alpha value is -3.65. The average Bonchev–Trinajstić information content (AvgIpc) is 3.49. The summed E-state index contributed by atoms with van der Waals surface area (Å²) in [5.74, 6) is -2.47. The lowest BCUT2D eigenvalue weighted by atomic mass is 9.94. The molecule has 6 nitrogen and oxygen atoms in total. The van der Waals surface area contributed by atoms with Crippen LogP contribution in [0, 0.1) is 5.82 Å². The molecule has 3 heterocycles. The zero-order valence-corrected chi connectivity index (χ0v) is 18.0. The SMILES string of the molecule is O=C(C1=C(O)C(=O)N(Cc2ccco2)C1c1ccccc1F)c1cc2cc(Br)ccc2o1. The number of benzene rings is 2. The minimum absolute atomic E-state index is 0.0568. The Morgan fingerprint density at radius 3 is 2.69 bits per heavy atom. The van der Waals surface area contributed by atoms with Crippen molar-refractivity contribution in [3.05, 3.63) is 106 Å². The third kappa shape index (κ3) is 3.33. The van der Waals surface area contributed by atoms with Crippen LogP contribution < -0.4 is 0 Å². The molecule has 4 aromatic rings. The highest BCUT2D eigenvalue weighted by Gasteiger charge is 2.45. The van der Waals surface area contributed by atoms with Gasteiger partial charge in [-0.2, -0.15) is 0 Å². The predicted molar refractivity (Wildman–Crippen MR) is 116 cm³/mol. The number of rotatable bonds is 5. The summed E-state index contributed by atoms with van der Waals surface area (Å²) in [7, 11) is 0. The lowest BCUT2D eigenvalue weighted by Gasteiger charge is -2.26. The lowest BCUT2D eigenvalue weighted by molar-refractivity contribution is -0.130. The highest BCUT2D eigenvalue weighted by atomic mass is 79.9. The number of carbonyl (C=O) groups excluding carboxylic acids is 2. The molecule has 1 aliphatic rings. The zero-order valence-electron chi connectivity index (χ0n) is 16.4. The number of amides is 1. The van der Waals surface area contributed by atoms with Gasteiger partial charge in [-0.25, -0.2) is 4.39 Å². The molecule has 1 atom stereocenters. The topological polar surface area (TPSA) is 83.9 Å². The Kier molecular flexibility index (Phi) is 4.94. The quantitative estimate of drug-likeness (QED) is 0.358. The van der Waals surface area contributed by atoms with E-state index < -0.39 is 29.3 Å². The first-order valence-corrected chi connectivity index (χ1v) is 10.5. The van der Waals surface area contributed by atoms with Gasteiger partial charge in [0.25, 0.3) is 5.91 Å². The Morgan fingerprint density at radius 2 is 1.94 bits per heavy atom. The van der Waals surface area contributed by atoms with Gasteiger partial charge in [0.1, 0.15) is 17.2 Å². The summed E-state index contributed by atoms with van der Waals surface area (Å²) in [6.07, 6.45) is 1.44. The molecule has 2 aromatic heterocycles. The van der Waals surface area contributed by atoms with Gasteiger partial charge < -0.3 is 18.8 Å². The molecule has 0 aliphatic carbocycles. The monoisotopic (exact) mass is 495 g/mol. The third-order valence-electron chi connectivity index (χ3n) is 5.36. The van der Waals surface area contributed by atoms with E-state index in [1.165, 1.54) is 35.4 Å². The van der Waals surface area contributed by atoms with Crippen LogP contribution in [0.15, 0.2) is 91.6 Å². The van der Waals surface area contributed by atoms with Crippen LogP contribution in [0.3, 0.4) is 0 Å². The number of halogens is 2. The van der Waals surface area contributed by atoms with E-state index in [0.717, 1.165) is 4.47 Å². The molecule has 32 heavy (non-hydrogen) atoms. The number of nitrogens with zero attached hydrogens (tertiary/aromatic N) is 1. The number of aliphatic hydroxyl groups excluding tert-OH is 1. The highest BCUT2D eigenvalue weighted by Crippen LogP contribution is 2.41. The van der Waals surface area contributed by atoms with E-state index in [2.05, 4.69) is 15.9 Å². The van der Waals surface area contributed by atoms with Gasteiger partial charge in [-0.05, 0) is 42.5 Å². The molecule has 2 aromatic carbocycles. The molecule has 0 saturated heterocycles. The van der Waals surface area contributed by atoms with Crippen molar-refractivity contribution >= 4 is 38.6 Å². The number of ketones is 1. The van der Waals surface area contributed by atoms with Crippen molar-refractivity contribution in [2.24, 2.45) is 0 Å². The van der Waals surface area contributed by atoms with Crippen molar-refractivity contribution < 1.29 is 27.9 Å². The fraction of sp³-hybridized carbons (Fsp3) is 0.0833. The van der Waals surface area contributed by atoms with Crippen LogP contribution in [-0.4, -0.2) is 21.7 Å². The molecule has 5 rings (SSSR count). The first-order valence-electron chi connectivity index (χ1n) is 9.68. The second-order valence-electron chi connectivity index (χ2n) is 7.32. The summed E-state index contributed by atoms with van der Waals surface area (Å²) in [5.41, 5.74) is 0.305. The zero-order chi connectivity index (χ0) is 22.4. The van der Waals surface area contributed by atoms with Gasteiger partial charge in [-0.1, -0.05) is 34.1 Å².